The van der Waals surface area contributed by atoms with Crippen LogP contribution in [-0.2, 0) is 19.1 Å². The fourth-order valence-electron chi connectivity index (χ4n) is 2.54. The predicted molar refractivity (Wildman–Crippen MR) is 75.6 cm³/mol. The van der Waals surface area contributed by atoms with Gasteiger partial charge in [0, 0.05) is 33.2 Å². The summed E-state index contributed by atoms with van der Waals surface area (Å²) in [5, 5.41) is 11.7. The van der Waals surface area contributed by atoms with Crippen LogP contribution >= 0.6 is 0 Å². The zero-order valence-electron chi connectivity index (χ0n) is 12.6. The Morgan fingerprint density at radius 2 is 1.95 bits per heavy atom. The lowest BCUT2D eigenvalue weighted by Crippen LogP contribution is -2.41. The number of hydrogen-bond acceptors (Lipinski definition) is 4. The minimum atomic E-state index is -0.844. The third-order valence-electron chi connectivity index (χ3n) is 3.74. The number of likely N-dealkylation sites (N-methyl/N-ethyl adjacent to an activating group) is 1. The number of rotatable bonds is 8. The molecule has 2 N–H and O–H groups in total. The van der Waals surface area contributed by atoms with Crippen LogP contribution < -0.4 is 5.32 Å². The minimum absolute atomic E-state index is 0.0000531. The first-order valence-corrected chi connectivity index (χ1v) is 7.19. The number of carboxylic acid groups (broad SMARTS) is 1. The first-order chi connectivity index (χ1) is 9.95. The highest BCUT2D eigenvalue weighted by Gasteiger charge is 2.35. The summed E-state index contributed by atoms with van der Waals surface area (Å²) in [5.41, 5.74) is 0. The molecule has 1 fully saturated rings. The van der Waals surface area contributed by atoms with E-state index in [0.29, 0.717) is 32.4 Å². The number of carbonyl (C=O) groups is 3. The number of aliphatic carboxylic acids is 1. The smallest absolute Gasteiger partial charge is 0.306 e. The lowest BCUT2D eigenvalue weighted by atomic mass is 10.0. The van der Waals surface area contributed by atoms with Crippen molar-refractivity contribution in [2.45, 2.75) is 25.7 Å². The van der Waals surface area contributed by atoms with Crippen molar-refractivity contribution >= 4 is 17.8 Å². The molecule has 0 unspecified atom stereocenters. The van der Waals surface area contributed by atoms with E-state index in [1.54, 1.807) is 14.2 Å². The molecule has 1 aliphatic carbocycles. The molecule has 0 heterocycles. The third-order valence-corrected chi connectivity index (χ3v) is 3.74. The van der Waals surface area contributed by atoms with Gasteiger partial charge in [-0.05, 0) is 25.7 Å². The standard InChI is InChI=1S/C14H24N2O5/c1-16(9-12(17)15-6-3-7-21-2)13(18)10-4-5-11(8-10)14(19)20/h10-11H,3-9H2,1-2H3,(H,15,17)(H,19,20)/t10-,11+/m1/s1. The van der Waals surface area contributed by atoms with E-state index in [1.807, 2.05) is 0 Å². The Balaban J connectivity index is 2.31. The van der Waals surface area contributed by atoms with Crippen LogP contribution in [0.4, 0.5) is 0 Å². The van der Waals surface area contributed by atoms with E-state index < -0.39 is 11.9 Å². The lowest BCUT2D eigenvalue weighted by molar-refractivity contribution is -0.142. The van der Waals surface area contributed by atoms with Gasteiger partial charge < -0.3 is 20.1 Å². The molecule has 0 aromatic heterocycles. The van der Waals surface area contributed by atoms with Crippen LogP contribution in [0.25, 0.3) is 0 Å². The lowest BCUT2D eigenvalue weighted by Gasteiger charge is -2.20. The number of ether oxygens (including phenoxy) is 1. The maximum atomic E-state index is 12.2. The van der Waals surface area contributed by atoms with Gasteiger partial charge in [0.2, 0.25) is 11.8 Å². The second kappa shape index (κ2) is 8.61. The number of amides is 2. The van der Waals surface area contributed by atoms with Gasteiger partial charge >= 0.3 is 5.97 Å². The van der Waals surface area contributed by atoms with Crippen LogP contribution in [0.3, 0.4) is 0 Å². The molecule has 1 saturated carbocycles. The average molecular weight is 300 g/mol. The van der Waals surface area contributed by atoms with E-state index in [9.17, 15) is 14.4 Å². The number of hydrogen-bond donors (Lipinski definition) is 2. The van der Waals surface area contributed by atoms with Crippen molar-refractivity contribution in [2.24, 2.45) is 11.8 Å². The highest BCUT2D eigenvalue weighted by atomic mass is 16.5. The molecular formula is C14H24N2O5. The Kier molecular flexibility index (Phi) is 7.14. The highest BCUT2D eigenvalue weighted by Crippen LogP contribution is 2.32. The van der Waals surface area contributed by atoms with Crippen molar-refractivity contribution in [3.63, 3.8) is 0 Å². The Labute approximate surface area is 124 Å². The van der Waals surface area contributed by atoms with Crippen LogP contribution in [0.15, 0.2) is 0 Å². The van der Waals surface area contributed by atoms with Gasteiger partial charge in [-0.2, -0.15) is 0 Å². The number of nitrogens with zero attached hydrogens (tertiary/aromatic N) is 1. The van der Waals surface area contributed by atoms with Crippen LogP contribution in [0.5, 0.6) is 0 Å². The fraction of sp³-hybridized carbons (Fsp3) is 0.786. The van der Waals surface area contributed by atoms with Crippen LogP contribution in [0.1, 0.15) is 25.7 Å². The summed E-state index contributed by atoms with van der Waals surface area (Å²) >= 11 is 0. The first kappa shape index (κ1) is 17.4. The molecule has 0 aromatic rings. The summed E-state index contributed by atoms with van der Waals surface area (Å²) in [6.07, 6.45) is 2.20. The molecule has 7 heteroatoms. The summed E-state index contributed by atoms with van der Waals surface area (Å²) in [7, 11) is 3.17. The minimum Gasteiger partial charge on any atom is -0.481 e. The van der Waals surface area contributed by atoms with Gasteiger partial charge in [-0.3, -0.25) is 14.4 Å². The van der Waals surface area contributed by atoms with Gasteiger partial charge in [0.15, 0.2) is 0 Å². The van der Waals surface area contributed by atoms with E-state index in [0.717, 1.165) is 6.42 Å². The summed E-state index contributed by atoms with van der Waals surface area (Å²) in [6.45, 7) is 1.09. The van der Waals surface area contributed by atoms with E-state index >= 15 is 0 Å². The Bertz CT molecular complexity index is 386. The van der Waals surface area contributed by atoms with E-state index in [2.05, 4.69) is 5.32 Å². The molecule has 1 rings (SSSR count). The zero-order chi connectivity index (χ0) is 15.8. The predicted octanol–water partition coefficient (Wildman–Crippen LogP) is 0.0984. The first-order valence-electron chi connectivity index (χ1n) is 7.19. The van der Waals surface area contributed by atoms with Gasteiger partial charge in [0.1, 0.15) is 0 Å². The molecule has 0 bridgehead atoms. The molecule has 0 aromatic carbocycles. The van der Waals surface area contributed by atoms with E-state index in [-0.39, 0.29) is 24.3 Å². The molecule has 0 saturated heterocycles. The van der Waals surface area contributed by atoms with Crippen LogP contribution in [-0.4, -0.2) is 61.6 Å². The van der Waals surface area contributed by atoms with Crippen molar-refractivity contribution in [3.05, 3.63) is 0 Å². The molecular weight excluding hydrogens is 276 g/mol. The molecule has 120 valence electrons. The normalized spacial score (nSPS) is 21.0. The third kappa shape index (κ3) is 5.71. The Hall–Kier alpha value is -1.63. The zero-order valence-corrected chi connectivity index (χ0v) is 12.6. The van der Waals surface area contributed by atoms with Gasteiger partial charge in [-0.15, -0.1) is 0 Å². The van der Waals surface area contributed by atoms with Crippen molar-refractivity contribution in [1.29, 1.82) is 0 Å². The second-order valence-corrected chi connectivity index (χ2v) is 5.44. The molecule has 2 amide bonds. The molecule has 0 aliphatic heterocycles. The molecule has 1 aliphatic rings. The summed E-state index contributed by atoms with van der Waals surface area (Å²) < 4.78 is 4.88. The molecule has 0 radical (unpaired) electrons. The van der Waals surface area contributed by atoms with E-state index in [1.165, 1.54) is 4.90 Å². The average Bonchev–Trinajstić information content (AvgIpc) is 2.92. The SMILES string of the molecule is COCCCNC(=O)CN(C)C(=O)[C@@H]1CC[C@H](C(=O)O)C1. The summed E-state index contributed by atoms with van der Waals surface area (Å²) in [4.78, 5) is 36.1. The van der Waals surface area contributed by atoms with Crippen molar-refractivity contribution in [1.82, 2.24) is 10.2 Å². The quantitative estimate of drug-likeness (QED) is 0.620. The second-order valence-electron chi connectivity index (χ2n) is 5.44. The Morgan fingerprint density at radius 1 is 1.29 bits per heavy atom. The molecule has 7 nitrogen and oxygen atoms in total. The number of methoxy groups -OCH3 is 1. The van der Waals surface area contributed by atoms with Gasteiger partial charge in [0.05, 0.1) is 12.5 Å². The maximum absolute atomic E-state index is 12.2. The maximum Gasteiger partial charge on any atom is 0.306 e. The number of nitrogens with one attached hydrogen (secondary N) is 1. The van der Waals surface area contributed by atoms with Crippen LogP contribution in [0.2, 0.25) is 0 Å². The Morgan fingerprint density at radius 3 is 2.52 bits per heavy atom. The van der Waals surface area contributed by atoms with E-state index in [4.69, 9.17) is 9.84 Å². The summed E-state index contributed by atoms with van der Waals surface area (Å²) in [5.74, 6) is -1.92. The fourth-order valence-corrected chi connectivity index (χ4v) is 2.54. The van der Waals surface area contributed by atoms with Gasteiger partial charge in [0.25, 0.3) is 0 Å². The van der Waals surface area contributed by atoms with Gasteiger partial charge in [-0.25, -0.2) is 0 Å². The molecule has 2 atom stereocenters. The number of carbonyl (C=O) groups excluding carboxylic acids is 2. The van der Waals surface area contributed by atoms with Crippen molar-refractivity contribution in [2.75, 3.05) is 33.9 Å². The molecule has 0 spiro atoms. The number of carboxylic acids is 1. The van der Waals surface area contributed by atoms with Gasteiger partial charge in [-0.1, -0.05) is 0 Å². The topological polar surface area (TPSA) is 95.9 Å². The van der Waals surface area contributed by atoms with Crippen molar-refractivity contribution in [3.8, 4) is 0 Å². The molecule has 21 heavy (non-hydrogen) atoms. The van der Waals surface area contributed by atoms with Crippen molar-refractivity contribution < 1.29 is 24.2 Å². The highest BCUT2D eigenvalue weighted by molar-refractivity contribution is 5.86. The van der Waals surface area contributed by atoms with Crippen LogP contribution in [0, 0.1) is 11.8 Å². The summed E-state index contributed by atoms with van der Waals surface area (Å²) in [6, 6.07) is 0. The monoisotopic (exact) mass is 300 g/mol. The largest absolute Gasteiger partial charge is 0.481 e.